The summed E-state index contributed by atoms with van der Waals surface area (Å²) in [4.78, 5) is 14.7. The fourth-order valence-electron chi connectivity index (χ4n) is 4.34. The molecule has 0 saturated carbocycles. The minimum atomic E-state index is -0.174. The van der Waals surface area contributed by atoms with E-state index in [2.05, 4.69) is 39.0 Å². The zero-order valence-corrected chi connectivity index (χ0v) is 16.8. The van der Waals surface area contributed by atoms with E-state index >= 15 is 0 Å². The zero-order valence-electron chi connectivity index (χ0n) is 15.2. The monoisotopic (exact) mass is 425 g/mol. The largest absolute Gasteiger partial charge is 0.472 e. The molecular formula is C22H20BrNO3. The molecule has 0 bridgehead atoms. The highest BCUT2D eigenvalue weighted by Crippen LogP contribution is 2.38. The Labute approximate surface area is 165 Å². The summed E-state index contributed by atoms with van der Waals surface area (Å²) in [6.07, 6.45) is 3.96. The van der Waals surface area contributed by atoms with E-state index in [1.54, 1.807) is 0 Å². The van der Waals surface area contributed by atoms with Gasteiger partial charge in [0.05, 0.1) is 0 Å². The van der Waals surface area contributed by atoms with Gasteiger partial charge in [0.15, 0.2) is 6.73 Å². The summed E-state index contributed by atoms with van der Waals surface area (Å²) >= 11 is 3.54. The van der Waals surface area contributed by atoms with Crippen LogP contribution in [0.2, 0.25) is 0 Å². The smallest absolute Gasteiger partial charge is 0.339 e. The van der Waals surface area contributed by atoms with E-state index in [9.17, 15) is 4.79 Å². The topological polar surface area (TPSA) is 42.7 Å². The van der Waals surface area contributed by atoms with E-state index in [1.165, 1.54) is 5.56 Å². The van der Waals surface area contributed by atoms with Crippen molar-refractivity contribution in [1.82, 2.24) is 0 Å². The number of nitrogens with zero attached hydrogens (tertiary/aromatic N) is 1. The van der Waals surface area contributed by atoms with Crippen LogP contribution in [0.3, 0.4) is 0 Å². The fraction of sp³-hybridized carbons (Fsp3) is 0.318. The minimum absolute atomic E-state index is 0.174. The fourth-order valence-corrected chi connectivity index (χ4v) is 4.73. The first kappa shape index (κ1) is 16.9. The van der Waals surface area contributed by atoms with E-state index in [0.717, 1.165) is 70.2 Å². The summed E-state index contributed by atoms with van der Waals surface area (Å²) in [6.45, 7) is 3.25. The van der Waals surface area contributed by atoms with Crippen LogP contribution in [0, 0.1) is 6.92 Å². The second-order valence-corrected chi connectivity index (χ2v) is 8.29. The van der Waals surface area contributed by atoms with Crippen molar-refractivity contribution < 1.29 is 9.15 Å². The molecule has 5 rings (SSSR count). The number of fused-ring (bicyclic) bond motifs is 4. The van der Waals surface area contributed by atoms with Crippen LogP contribution in [0.4, 0.5) is 5.69 Å². The third-order valence-electron chi connectivity index (χ3n) is 5.67. The third kappa shape index (κ3) is 2.76. The van der Waals surface area contributed by atoms with Crippen molar-refractivity contribution >= 4 is 32.6 Å². The lowest BCUT2D eigenvalue weighted by Crippen LogP contribution is -2.32. The lowest BCUT2D eigenvalue weighted by atomic mass is 9.89. The summed E-state index contributed by atoms with van der Waals surface area (Å²) in [5.41, 5.74) is 5.76. The molecule has 0 unspecified atom stereocenters. The third-order valence-corrected chi connectivity index (χ3v) is 6.16. The van der Waals surface area contributed by atoms with E-state index < -0.39 is 0 Å². The van der Waals surface area contributed by atoms with Gasteiger partial charge in [0.25, 0.3) is 0 Å². The van der Waals surface area contributed by atoms with Gasteiger partial charge in [0.2, 0.25) is 0 Å². The van der Waals surface area contributed by atoms with Gasteiger partial charge in [-0.25, -0.2) is 4.79 Å². The predicted molar refractivity (Wildman–Crippen MR) is 110 cm³/mol. The molecule has 1 aliphatic carbocycles. The van der Waals surface area contributed by atoms with E-state index in [0.29, 0.717) is 12.3 Å². The first-order valence-corrected chi connectivity index (χ1v) is 10.2. The molecule has 2 aromatic carbocycles. The minimum Gasteiger partial charge on any atom is -0.472 e. The average Bonchev–Trinajstić information content (AvgIpc) is 2.69. The summed E-state index contributed by atoms with van der Waals surface area (Å²) in [5, 5.41) is 1.08. The molecule has 0 amide bonds. The van der Waals surface area contributed by atoms with Gasteiger partial charge in [0.1, 0.15) is 11.3 Å². The zero-order chi connectivity index (χ0) is 18.5. The lowest BCUT2D eigenvalue weighted by Gasteiger charge is -2.32. The SMILES string of the molecule is Cc1c2c(cc3c4c(c(=O)oc13)CCCC4)CN(c1cccc(Br)c1)CO2. The van der Waals surface area contributed by atoms with Gasteiger partial charge in [-0.2, -0.15) is 0 Å². The molecule has 0 N–H and O–H groups in total. The summed E-state index contributed by atoms with van der Waals surface area (Å²) in [5.74, 6) is 0.854. The highest BCUT2D eigenvalue weighted by molar-refractivity contribution is 9.10. The van der Waals surface area contributed by atoms with Crippen LogP contribution in [0.25, 0.3) is 11.0 Å². The molecular weight excluding hydrogens is 406 g/mol. The highest BCUT2D eigenvalue weighted by Gasteiger charge is 2.25. The van der Waals surface area contributed by atoms with Crippen LogP contribution in [-0.2, 0) is 19.4 Å². The number of ether oxygens (including phenoxy) is 1. The Morgan fingerprint density at radius 1 is 1.11 bits per heavy atom. The molecule has 0 atom stereocenters. The normalized spacial score (nSPS) is 16.0. The molecule has 0 saturated heterocycles. The van der Waals surface area contributed by atoms with Crippen molar-refractivity contribution in [2.24, 2.45) is 0 Å². The van der Waals surface area contributed by atoms with Crippen LogP contribution in [0.1, 0.15) is 35.1 Å². The average molecular weight is 426 g/mol. The van der Waals surface area contributed by atoms with Gasteiger partial charge >= 0.3 is 5.63 Å². The van der Waals surface area contributed by atoms with Crippen molar-refractivity contribution in [3.8, 4) is 5.75 Å². The van der Waals surface area contributed by atoms with E-state index in [1.807, 2.05) is 19.1 Å². The van der Waals surface area contributed by atoms with Crippen LogP contribution in [-0.4, -0.2) is 6.73 Å². The Bertz CT molecular complexity index is 1120. The summed E-state index contributed by atoms with van der Waals surface area (Å²) in [6, 6.07) is 10.4. The molecule has 0 fully saturated rings. The van der Waals surface area contributed by atoms with Crippen LogP contribution in [0.15, 0.2) is 44.0 Å². The molecule has 4 nitrogen and oxygen atoms in total. The quantitative estimate of drug-likeness (QED) is 0.508. The Balaban J connectivity index is 1.65. The molecule has 3 aromatic rings. The molecule has 0 spiro atoms. The maximum atomic E-state index is 12.4. The van der Waals surface area contributed by atoms with Gasteiger partial charge in [-0.15, -0.1) is 0 Å². The maximum Gasteiger partial charge on any atom is 0.339 e. The Morgan fingerprint density at radius 2 is 1.93 bits per heavy atom. The van der Waals surface area contributed by atoms with Gasteiger partial charge in [-0.1, -0.05) is 22.0 Å². The first-order valence-electron chi connectivity index (χ1n) is 9.36. The number of rotatable bonds is 1. The molecule has 1 aliphatic heterocycles. The highest BCUT2D eigenvalue weighted by atomic mass is 79.9. The van der Waals surface area contributed by atoms with E-state index in [4.69, 9.17) is 9.15 Å². The van der Waals surface area contributed by atoms with Gasteiger partial charge in [-0.3, -0.25) is 0 Å². The number of hydrogen-bond acceptors (Lipinski definition) is 4. The predicted octanol–water partition coefficient (Wildman–Crippen LogP) is 5.10. The molecule has 2 heterocycles. The molecule has 2 aliphatic rings. The maximum absolute atomic E-state index is 12.4. The van der Waals surface area contributed by atoms with Crippen molar-refractivity contribution in [3.63, 3.8) is 0 Å². The molecule has 5 heteroatoms. The van der Waals surface area contributed by atoms with Crippen molar-refractivity contribution in [2.45, 2.75) is 39.2 Å². The van der Waals surface area contributed by atoms with Crippen LogP contribution < -0.4 is 15.3 Å². The first-order chi connectivity index (χ1) is 13.1. The molecule has 27 heavy (non-hydrogen) atoms. The van der Waals surface area contributed by atoms with Crippen molar-refractivity contribution in [3.05, 3.63) is 67.5 Å². The second-order valence-electron chi connectivity index (χ2n) is 7.37. The molecule has 1 aromatic heterocycles. The number of halogens is 1. The summed E-state index contributed by atoms with van der Waals surface area (Å²) in [7, 11) is 0. The Hall–Kier alpha value is -2.27. The number of hydrogen-bond donors (Lipinski definition) is 0. The van der Waals surface area contributed by atoms with Crippen molar-refractivity contribution in [1.29, 1.82) is 0 Å². The molecule has 138 valence electrons. The number of aryl methyl sites for hydroxylation is 2. The van der Waals surface area contributed by atoms with Gasteiger partial charge in [-0.05, 0) is 62.4 Å². The van der Waals surface area contributed by atoms with Crippen LogP contribution in [0.5, 0.6) is 5.75 Å². The summed E-state index contributed by atoms with van der Waals surface area (Å²) < 4.78 is 12.9. The van der Waals surface area contributed by atoms with E-state index in [-0.39, 0.29) is 5.63 Å². The standard InChI is InChI=1S/C22H20BrNO3/c1-13-20-14(11-24(12-26-20)16-6-4-5-15(23)10-16)9-19-17-7-2-3-8-18(17)22(25)27-21(13)19/h4-6,9-10H,2-3,7-8,11-12H2,1H3. The molecule has 0 radical (unpaired) electrons. The second kappa shape index (κ2) is 6.41. The van der Waals surface area contributed by atoms with Crippen molar-refractivity contribution in [2.75, 3.05) is 11.6 Å². The number of anilines is 1. The Morgan fingerprint density at radius 3 is 2.74 bits per heavy atom. The number of benzene rings is 2. The Kier molecular flexibility index (Phi) is 4.01. The van der Waals surface area contributed by atoms with Crippen LogP contribution >= 0.6 is 15.9 Å². The van der Waals surface area contributed by atoms with Gasteiger partial charge < -0.3 is 14.1 Å². The van der Waals surface area contributed by atoms with Gasteiger partial charge in [0, 0.05) is 38.8 Å². The lowest BCUT2D eigenvalue weighted by molar-refractivity contribution is 0.287.